The molecular weight excluding hydrogens is 292 g/mol. The molecule has 2 heterocycles. The Kier molecular flexibility index (Phi) is 2.15. The van der Waals surface area contributed by atoms with Crippen molar-refractivity contribution in [3.63, 3.8) is 0 Å². The highest BCUT2D eigenvalue weighted by Crippen LogP contribution is 2.31. The molecule has 0 bridgehead atoms. The quantitative estimate of drug-likeness (QED) is 0.699. The van der Waals surface area contributed by atoms with Gasteiger partial charge in [0.2, 0.25) is 5.89 Å². The highest BCUT2D eigenvalue weighted by Gasteiger charge is 2.12. The van der Waals surface area contributed by atoms with Crippen LogP contribution in [0.5, 0.6) is 0 Å². The number of benzene rings is 1. The largest absolute Gasteiger partial charge is 0.433 e. The Morgan fingerprint density at radius 1 is 1.38 bits per heavy atom. The van der Waals surface area contributed by atoms with Gasteiger partial charge < -0.3 is 10.2 Å². The number of halogens is 1. The third kappa shape index (κ3) is 1.48. The molecule has 0 saturated carbocycles. The number of anilines is 1. The van der Waals surface area contributed by atoms with Gasteiger partial charge in [-0.3, -0.25) is 0 Å². The molecule has 2 N–H and O–H groups in total. The van der Waals surface area contributed by atoms with Crippen LogP contribution >= 0.6 is 27.5 Å². The van der Waals surface area contributed by atoms with Gasteiger partial charge in [0, 0.05) is 4.47 Å². The van der Waals surface area contributed by atoms with Gasteiger partial charge in [-0.25, -0.2) is 4.98 Å². The van der Waals surface area contributed by atoms with E-state index in [2.05, 4.69) is 30.5 Å². The van der Waals surface area contributed by atoms with E-state index in [4.69, 9.17) is 10.2 Å². The first-order chi connectivity index (χ1) is 7.74. The normalized spacial score (nSPS) is 11.1. The number of nitrogens with two attached hydrogens (primary N) is 1. The van der Waals surface area contributed by atoms with E-state index >= 15 is 0 Å². The van der Waals surface area contributed by atoms with Gasteiger partial charge in [-0.2, -0.15) is 0 Å². The fourth-order valence-electron chi connectivity index (χ4n) is 1.39. The molecule has 0 fully saturated rings. The van der Waals surface area contributed by atoms with Gasteiger partial charge >= 0.3 is 0 Å². The first-order valence-electron chi connectivity index (χ1n) is 4.37. The van der Waals surface area contributed by atoms with Gasteiger partial charge in [0.1, 0.15) is 10.4 Å². The van der Waals surface area contributed by atoms with Crippen molar-refractivity contribution in [1.82, 2.24) is 14.6 Å². The van der Waals surface area contributed by atoms with Crippen LogP contribution in [0.15, 0.2) is 27.2 Å². The number of rotatable bonds is 1. The summed E-state index contributed by atoms with van der Waals surface area (Å²) in [6, 6.07) is 3.63. The Bertz CT molecular complexity index is 649. The minimum atomic E-state index is 0.495. The van der Waals surface area contributed by atoms with Crippen LogP contribution in [0.25, 0.3) is 21.9 Å². The Balaban J connectivity index is 2.27. The van der Waals surface area contributed by atoms with E-state index in [-0.39, 0.29) is 0 Å². The standard InChI is InChI=1S/C9H5BrN4OS/c10-4-1-5(11)8-6(2-4)13-9(15-8)7-3-12-14-16-7/h1-3H,11H2. The predicted molar refractivity (Wildman–Crippen MR) is 65.0 cm³/mol. The van der Waals surface area contributed by atoms with E-state index in [1.165, 1.54) is 11.5 Å². The smallest absolute Gasteiger partial charge is 0.240 e. The summed E-state index contributed by atoms with van der Waals surface area (Å²) < 4.78 is 10.2. The highest BCUT2D eigenvalue weighted by atomic mass is 79.9. The lowest BCUT2D eigenvalue weighted by Crippen LogP contribution is -1.84. The Morgan fingerprint density at radius 2 is 2.25 bits per heavy atom. The van der Waals surface area contributed by atoms with Gasteiger partial charge in [0.25, 0.3) is 0 Å². The van der Waals surface area contributed by atoms with E-state index < -0.39 is 0 Å². The summed E-state index contributed by atoms with van der Waals surface area (Å²) in [4.78, 5) is 5.11. The van der Waals surface area contributed by atoms with Gasteiger partial charge in [-0.1, -0.05) is 20.4 Å². The van der Waals surface area contributed by atoms with Gasteiger partial charge in [0.05, 0.1) is 11.9 Å². The summed E-state index contributed by atoms with van der Waals surface area (Å²) in [5.41, 5.74) is 7.70. The zero-order valence-corrected chi connectivity index (χ0v) is 10.2. The van der Waals surface area contributed by atoms with Gasteiger partial charge in [-0.05, 0) is 23.7 Å². The van der Waals surface area contributed by atoms with E-state index in [0.29, 0.717) is 17.2 Å². The van der Waals surface area contributed by atoms with Gasteiger partial charge in [0.15, 0.2) is 5.58 Å². The second-order valence-electron chi connectivity index (χ2n) is 3.14. The van der Waals surface area contributed by atoms with Crippen molar-refractivity contribution >= 4 is 44.2 Å². The monoisotopic (exact) mass is 296 g/mol. The predicted octanol–water partition coefficient (Wildman–Crippen LogP) is 2.69. The molecule has 0 aliphatic carbocycles. The van der Waals surface area contributed by atoms with E-state index in [1.54, 1.807) is 12.3 Å². The summed E-state index contributed by atoms with van der Waals surface area (Å²) >= 11 is 4.59. The van der Waals surface area contributed by atoms with Crippen LogP contribution in [-0.4, -0.2) is 14.6 Å². The zero-order chi connectivity index (χ0) is 11.1. The second kappa shape index (κ2) is 3.53. The fourth-order valence-corrected chi connectivity index (χ4v) is 2.30. The molecule has 2 aromatic heterocycles. The summed E-state index contributed by atoms with van der Waals surface area (Å²) in [6.45, 7) is 0. The maximum absolute atomic E-state index is 5.83. The maximum Gasteiger partial charge on any atom is 0.240 e. The number of hydrogen-bond acceptors (Lipinski definition) is 6. The van der Waals surface area contributed by atoms with E-state index in [1.807, 2.05) is 6.07 Å². The summed E-state index contributed by atoms with van der Waals surface area (Å²) in [6.07, 6.45) is 1.61. The Hall–Kier alpha value is -1.47. The molecule has 1 aromatic carbocycles. The molecule has 0 spiro atoms. The molecule has 0 atom stereocenters. The van der Waals surface area contributed by atoms with Gasteiger partial charge in [-0.15, -0.1) is 5.10 Å². The summed E-state index contributed by atoms with van der Waals surface area (Å²) in [7, 11) is 0. The van der Waals surface area contributed by atoms with E-state index in [9.17, 15) is 0 Å². The lowest BCUT2D eigenvalue weighted by molar-refractivity contribution is 0.622. The average Bonchev–Trinajstić information content (AvgIpc) is 2.82. The van der Waals surface area contributed by atoms with Crippen LogP contribution in [0.3, 0.4) is 0 Å². The molecule has 0 radical (unpaired) electrons. The molecule has 0 amide bonds. The molecule has 0 unspecified atom stereocenters. The lowest BCUT2D eigenvalue weighted by atomic mass is 10.3. The molecule has 0 aliphatic heterocycles. The lowest BCUT2D eigenvalue weighted by Gasteiger charge is -1.93. The van der Waals surface area contributed by atoms with Crippen LogP contribution in [0, 0.1) is 0 Å². The fraction of sp³-hybridized carbons (Fsp3) is 0. The molecule has 0 saturated heterocycles. The molecule has 7 heteroatoms. The molecular formula is C9H5BrN4OS. The molecule has 0 aliphatic rings. The van der Waals surface area contributed by atoms with Crippen molar-refractivity contribution in [2.75, 3.05) is 5.73 Å². The molecule has 5 nitrogen and oxygen atoms in total. The maximum atomic E-state index is 5.83. The molecule has 80 valence electrons. The second-order valence-corrected chi connectivity index (χ2v) is 4.85. The van der Waals surface area contributed by atoms with Crippen molar-refractivity contribution in [1.29, 1.82) is 0 Å². The van der Waals surface area contributed by atoms with Crippen LogP contribution in [-0.2, 0) is 0 Å². The molecule has 16 heavy (non-hydrogen) atoms. The minimum Gasteiger partial charge on any atom is -0.433 e. The van der Waals surface area contributed by atoms with Crippen LogP contribution in [0.4, 0.5) is 5.69 Å². The SMILES string of the molecule is Nc1cc(Br)cc2nc(-c3cnns3)oc12. The summed E-state index contributed by atoms with van der Waals surface area (Å²) in [5.74, 6) is 0.495. The third-order valence-electron chi connectivity index (χ3n) is 2.06. The van der Waals surface area contributed by atoms with Crippen molar-refractivity contribution in [3.05, 3.63) is 22.8 Å². The van der Waals surface area contributed by atoms with Crippen molar-refractivity contribution < 1.29 is 4.42 Å². The zero-order valence-electron chi connectivity index (χ0n) is 7.85. The molecule has 3 aromatic rings. The Morgan fingerprint density at radius 3 is 3.00 bits per heavy atom. The number of nitrogens with zero attached hydrogens (tertiary/aromatic N) is 3. The number of oxazole rings is 1. The number of nitrogen functional groups attached to an aromatic ring is 1. The molecule has 3 rings (SSSR count). The van der Waals surface area contributed by atoms with Crippen LogP contribution in [0.2, 0.25) is 0 Å². The topological polar surface area (TPSA) is 77.8 Å². The van der Waals surface area contributed by atoms with Crippen molar-refractivity contribution in [2.45, 2.75) is 0 Å². The van der Waals surface area contributed by atoms with Crippen molar-refractivity contribution in [2.24, 2.45) is 0 Å². The first-order valence-corrected chi connectivity index (χ1v) is 5.94. The van der Waals surface area contributed by atoms with Crippen LogP contribution in [0.1, 0.15) is 0 Å². The number of hydrogen-bond donors (Lipinski definition) is 1. The number of aromatic nitrogens is 3. The average molecular weight is 297 g/mol. The minimum absolute atomic E-state index is 0.495. The summed E-state index contributed by atoms with van der Waals surface area (Å²) in [5, 5.41) is 3.74. The van der Waals surface area contributed by atoms with Crippen molar-refractivity contribution in [3.8, 4) is 10.8 Å². The Labute approximate surface area is 103 Å². The number of fused-ring (bicyclic) bond motifs is 1. The first kappa shape index (κ1) is 9.73. The third-order valence-corrected chi connectivity index (χ3v) is 3.17. The van der Waals surface area contributed by atoms with Crippen LogP contribution < -0.4 is 5.73 Å². The highest BCUT2D eigenvalue weighted by molar-refractivity contribution is 9.10. The van der Waals surface area contributed by atoms with E-state index in [0.717, 1.165) is 14.9 Å².